The number of hydrogen-bond donors (Lipinski definition) is 3. The first-order valence-electron chi connectivity index (χ1n) is 4.99. The van der Waals surface area contributed by atoms with Gasteiger partial charge in [-0.1, -0.05) is 0 Å². The average Bonchev–Trinajstić information content (AvgIpc) is 2.93. The van der Waals surface area contributed by atoms with Crippen LogP contribution < -0.4 is 5.32 Å². The Hall–Kier alpha value is -2.02. The molecule has 3 aromatic rings. The highest BCUT2D eigenvalue weighted by atomic mass is 32.1. The first kappa shape index (κ1) is 10.2. The third-order valence-corrected chi connectivity index (χ3v) is 2.49. The monoisotopic (exact) mass is 247 g/mol. The second-order valence-electron chi connectivity index (χ2n) is 3.41. The Morgan fingerprint density at radius 1 is 1.41 bits per heavy atom. The van der Waals surface area contributed by atoms with Gasteiger partial charge in [-0.25, -0.2) is 15.0 Å². The van der Waals surface area contributed by atoms with Crippen molar-refractivity contribution in [2.45, 2.75) is 11.7 Å². The molecule has 0 fully saturated rings. The third kappa shape index (κ3) is 1.96. The highest BCUT2D eigenvalue weighted by Crippen LogP contribution is 2.18. The second-order valence-corrected chi connectivity index (χ2v) is 3.84. The summed E-state index contributed by atoms with van der Waals surface area (Å²) in [7, 11) is 0. The standard InChI is InChI=1S/C10H9N5OS/c17-10-14-7-8(12-5-13-9(7)15-10)11-4-6-2-1-3-16-6/h1-3,5H,4H2,(H3,11,12,13,14,15,17). The normalized spacial score (nSPS) is 10.9. The summed E-state index contributed by atoms with van der Waals surface area (Å²) in [5.74, 6) is 1.49. The van der Waals surface area contributed by atoms with Crippen LogP contribution in [0.5, 0.6) is 0 Å². The molecule has 17 heavy (non-hydrogen) atoms. The maximum atomic E-state index is 5.22. The minimum atomic E-state index is 0.515. The number of thiol groups is 1. The third-order valence-electron chi connectivity index (χ3n) is 2.28. The van der Waals surface area contributed by atoms with Crippen LogP contribution in [0.4, 0.5) is 5.82 Å². The Kier molecular flexibility index (Phi) is 2.45. The van der Waals surface area contributed by atoms with E-state index in [0.29, 0.717) is 28.7 Å². The van der Waals surface area contributed by atoms with E-state index in [1.54, 1.807) is 6.26 Å². The van der Waals surface area contributed by atoms with Gasteiger partial charge in [0.15, 0.2) is 22.1 Å². The number of anilines is 1. The van der Waals surface area contributed by atoms with Crippen molar-refractivity contribution < 1.29 is 4.42 Å². The molecular formula is C10H9N5OS. The largest absolute Gasteiger partial charge is 0.467 e. The smallest absolute Gasteiger partial charge is 0.164 e. The zero-order chi connectivity index (χ0) is 11.7. The molecule has 0 aliphatic heterocycles. The van der Waals surface area contributed by atoms with Crippen LogP contribution in [0.2, 0.25) is 0 Å². The molecule has 0 spiro atoms. The maximum absolute atomic E-state index is 5.22. The van der Waals surface area contributed by atoms with E-state index in [-0.39, 0.29) is 0 Å². The van der Waals surface area contributed by atoms with E-state index in [2.05, 4.69) is 37.9 Å². The van der Waals surface area contributed by atoms with Crippen LogP contribution >= 0.6 is 12.6 Å². The van der Waals surface area contributed by atoms with Crippen LogP contribution in [-0.4, -0.2) is 19.9 Å². The fourth-order valence-corrected chi connectivity index (χ4v) is 1.74. The van der Waals surface area contributed by atoms with Gasteiger partial charge in [-0.2, -0.15) is 0 Å². The Morgan fingerprint density at radius 2 is 2.35 bits per heavy atom. The molecule has 0 aliphatic carbocycles. The van der Waals surface area contributed by atoms with Gasteiger partial charge in [0, 0.05) is 0 Å². The fraction of sp³-hybridized carbons (Fsp3) is 0.100. The zero-order valence-corrected chi connectivity index (χ0v) is 9.61. The number of fused-ring (bicyclic) bond motifs is 1. The average molecular weight is 247 g/mol. The quantitative estimate of drug-likeness (QED) is 0.615. The van der Waals surface area contributed by atoms with Crippen LogP contribution in [-0.2, 0) is 6.54 Å². The Bertz CT molecular complexity index is 633. The molecule has 7 heteroatoms. The van der Waals surface area contributed by atoms with Crippen LogP contribution in [0.25, 0.3) is 11.2 Å². The van der Waals surface area contributed by atoms with Gasteiger partial charge < -0.3 is 14.7 Å². The van der Waals surface area contributed by atoms with Crippen LogP contribution in [0.3, 0.4) is 0 Å². The van der Waals surface area contributed by atoms with Crippen LogP contribution in [0.1, 0.15) is 5.76 Å². The molecule has 0 aromatic carbocycles. The Morgan fingerprint density at radius 3 is 3.18 bits per heavy atom. The molecule has 3 aromatic heterocycles. The lowest BCUT2D eigenvalue weighted by atomic mass is 10.4. The van der Waals surface area contributed by atoms with E-state index in [1.807, 2.05) is 12.1 Å². The summed E-state index contributed by atoms with van der Waals surface area (Å²) in [6.45, 7) is 0.549. The van der Waals surface area contributed by atoms with E-state index >= 15 is 0 Å². The number of aromatic amines is 1. The van der Waals surface area contributed by atoms with E-state index in [0.717, 1.165) is 5.76 Å². The number of hydrogen-bond acceptors (Lipinski definition) is 6. The molecule has 0 atom stereocenters. The number of nitrogens with one attached hydrogen (secondary N) is 2. The molecule has 0 saturated heterocycles. The molecule has 3 heterocycles. The predicted octanol–water partition coefficient (Wildman–Crippen LogP) is 1.85. The molecular weight excluding hydrogens is 238 g/mol. The molecule has 3 rings (SSSR count). The van der Waals surface area contributed by atoms with Gasteiger partial charge in [-0.05, 0) is 12.1 Å². The van der Waals surface area contributed by atoms with Crippen molar-refractivity contribution in [2.75, 3.05) is 5.32 Å². The number of rotatable bonds is 3. The fourth-order valence-electron chi connectivity index (χ4n) is 1.53. The van der Waals surface area contributed by atoms with Gasteiger partial charge in [0.25, 0.3) is 0 Å². The molecule has 2 N–H and O–H groups in total. The minimum absolute atomic E-state index is 0.515. The lowest BCUT2D eigenvalue weighted by Crippen LogP contribution is -2.01. The molecule has 0 amide bonds. The summed E-state index contributed by atoms with van der Waals surface area (Å²) >= 11 is 4.14. The van der Waals surface area contributed by atoms with Crippen molar-refractivity contribution in [2.24, 2.45) is 0 Å². The summed E-state index contributed by atoms with van der Waals surface area (Å²) in [6, 6.07) is 3.73. The zero-order valence-electron chi connectivity index (χ0n) is 8.71. The SMILES string of the molecule is Sc1nc2c(NCc3ccco3)ncnc2[nH]1. The van der Waals surface area contributed by atoms with E-state index in [1.165, 1.54) is 6.33 Å². The van der Waals surface area contributed by atoms with Crippen molar-refractivity contribution in [3.63, 3.8) is 0 Å². The second kappa shape index (κ2) is 4.10. The van der Waals surface area contributed by atoms with Crippen molar-refractivity contribution in [1.29, 1.82) is 0 Å². The predicted molar refractivity (Wildman–Crippen MR) is 65.0 cm³/mol. The number of nitrogens with zero attached hydrogens (tertiary/aromatic N) is 3. The topological polar surface area (TPSA) is 79.6 Å². The molecule has 0 bridgehead atoms. The summed E-state index contributed by atoms with van der Waals surface area (Å²) in [6.07, 6.45) is 3.10. The lowest BCUT2D eigenvalue weighted by molar-refractivity contribution is 0.518. The Labute approximate surface area is 102 Å². The van der Waals surface area contributed by atoms with Gasteiger partial charge in [0.05, 0.1) is 12.8 Å². The van der Waals surface area contributed by atoms with Crippen molar-refractivity contribution in [3.05, 3.63) is 30.5 Å². The van der Waals surface area contributed by atoms with E-state index < -0.39 is 0 Å². The first-order chi connectivity index (χ1) is 8.33. The van der Waals surface area contributed by atoms with Crippen molar-refractivity contribution >= 4 is 29.6 Å². The molecule has 0 saturated carbocycles. The van der Waals surface area contributed by atoms with E-state index in [4.69, 9.17) is 4.42 Å². The highest BCUT2D eigenvalue weighted by molar-refractivity contribution is 7.80. The number of imidazole rings is 1. The van der Waals surface area contributed by atoms with Crippen molar-refractivity contribution in [3.8, 4) is 0 Å². The minimum Gasteiger partial charge on any atom is -0.467 e. The maximum Gasteiger partial charge on any atom is 0.164 e. The van der Waals surface area contributed by atoms with Gasteiger partial charge in [-0.15, -0.1) is 12.6 Å². The summed E-state index contributed by atoms with van der Waals surface area (Å²) in [5.41, 5.74) is 1.33. The van der Waals surface area contributed by atoms with Gasteiger partial charge in [0.1, 0.15) is 12.1 Å². The molecule has 86 valence electrons. The Balaban J connectivity index is 1.89. The van der Waals surface area contributed by atoms with Gasteiger partial charge in [0.2, 0.25) is 0 Å². The van der Waals surface area contributed by atoms with Crippen molar-refractivity contribution in [1.82, 2.24) is 19.9 Å². The molecule has 0 unspecified atom stereocenters. The summed E-state index contributed by atoms with van der Waals surface area (Å²) in [5, 5.41) is 3.66. The molecule has 0 aliphatic rings. The number of furan rings is 1. The number of aromatic nitrogens is 4. The van der Waals surface area contributed by atoms with Gasteiger partial charge >= 0.3 is 0 Å². The number of H-pyrrole nitrogens is 1. The summed E-state index contributed by atoms with van der Waals surface area (Å²) < 4.78 is 5.22. The van der Waals surface area contributed by atoms with Gasteiger partial charge in [-0.3, -0.25) is 0 Å². The summed E-state index contributed by atoms with van der Waals surface area (Å²) in [4.78, 5) is 15.3. The van der Waals surface area contributed by atoms with Crippen LogP contribution in [0.15, 0.2) is 34.3 Å². The molecule has 6 nitrogen and oxygen atoms in total. The van der Waals surface area contributed by atoms with E-state index in [9.17, 15) is 0 Å². The van der Waals surface area contributed by atoms with Crippen LogP contribution in [0, 0.1) is 0 Å². The highest BCUT2D eigenvalue weighted by Gasteiger charge is 2.08. The lowest BCUT2D eigenvalue weighted by Gasteiger charge is -2.02. The first-order valence-corrected chi connectivity index (χ1v) is 5.43. The molecule has 0 radical (unpaired) electrons.